The molecule has 2 aliphatic heterocycles. The smallest absolute Gasteiger partial charge is 0.261 e. The van der Waals surface area contributed by atoms with Gasteiger partial charge in [-0.3, -0.25) is 9.78 Å². The summed E-state index contributed by atoms with van der Waals surface area (Å²) in [5.41, 5.74) is 2.83. The van der Waals surface area contributed by atoms with E-state index >= 15 is 0 Å². The molecule has 7 heteroatoms. The fourth-order valence-corrected chi connectivity index (χ4v) is 5.15. The Morgan fingerprint density at radius 1 is 0.967 bits per heavy atom. The van der Waals surface area contributed by atoms with E-state index in [0.29, 0.717) is 17.4 Å². The van der Waals surface area contributed by atoms with Crippen molar-refractivity contribution in [3.05, 3.63) is 71.2 Å². The number of hydrogen-bond acceptors (Lipinski definition) is 5. The molecule has 6 rings (SSSR count). The van der Waals surface area contributed by atoms with Crippen LogP contribution in [0.2, 0.25) is 0 Å². The zero-order valence-electron chi connectivity index (χ0n) is 16.8. The molecule has 7 nitrogen and oxygen atoms in total. The molecular formula is C23H22N6O. The topological polar surface area (TPSA) is 68.8 Å². The van der Waals surface area contributed by atoms with Gasteiger partial charge in [0.25, 0.3) is 5.56 Å². The molecule has 4 aromatic heterocycles. The van der Waals surface area contributed by atoms with Crippen LogP contribution in [-0.2, 0) is 13.6 Å². The quantitative estimate of drug-likeness (QED) is 0.519. The fraction of sp³-hybridized carbons (Fsp3) is 0.304. The molecule has 2 atom stereocenters. The Kier molecular flexibility index (Phi) is 3.78. The molecule has 0 spiro atoms. The maximum atomic E-state index is 13.3. The van der Waals surface area contributed by atoms with E-state index in [2.05, 4.69) is 27.0 Å². The summed E-state index contributed by atoms with van der Waals surface area (Å²) < 4.78 is 3.88. The SMILES string of the molecule is Cn1ccnc1-c1ccc2n(c1=O)C[C@H]1C[C@@H]2CN(c2nccc3ncccc23)C1. The minimum Gasteiger partial charge on any atom is -0.355 e. The third-order valence-corrected chi connectivity index (χ3v) is 6.47. The van der Waals surface area contributed by atoms with E-state index in [0.717, 1.165) is 54.3 Å². The molecule has 0 radical (unpaired) electrons. The average molecular weight is 398 g/mol. The van der Waals surface area contributed by atoms with Crippen molar-refractivity contribution < 1.29 is 0 Å². The summed E-state index contributed by atoms with van der Waals surface area (Å²) >= 11 is 0. The van der Waals surface area contributed by atoms with Gasteiger partial charge in [0.2, 0.25) is 0 Å². The highest BCUT2D eigenvalue weighted by Crippen LogP contribution is 2.38. The second kappa shape index (κ2) is 6.52. The third-order valence-electron chi connectivity index (χ3n) is 6.47. The first-order chi connectivity index (χ1) is 14.7. The van der Waals surface area contributed by atoms with Crippen LogP contribution in [0.5, 0.6) is 0 Å². The number of pyridine rings is 3. The van der Waals surface area contributed by atoms with Crippen molar-refractivity contribution in [1.82, 2.24) is 24.1 Å². The Balaban J connectivity index is 1.40. The first-order valence-electron chi connectivity index (χ1n) is 10.3. The molecule has 0 aromatic carbocycles. The molecule has 30 heavy (non-hydrogen) atoms. The Labute approximate surface area is 173 Å². The highest BCUT2D eigenvalue weighted by molar-refractivity contribution is 5.89. The Bertz CT molecular complexity index is 1320. The lowest BCUT2D eigenvalue weighted by Crippen LogP contribution is -2.47. The number of imidazole rings is 1. The van der Waals surface area contributed by atoms with Gasteiger partial charge >= 0.3 is 0 Å². The van der Waals surface area contributed by atoms with Gasteiger partial charge in [0, 0.05) is 68.5 Å². The minimum atomic E-state index is 0.0671. The van der Waals surface area contributed by atoms with E-state index in [1.54, 1.807) is 6.20 Å². The Morgan fingerprint density at radius 2 is 1.90 bits per heavy atom. The van der Waals surface area contributed by atoms with Crippen molar-refractivity contribution in [2.45, 2.75) is 18.9 Å². The highest BCUT2D eigenvalue weighted by Gasteiger charge is 2.36. The molecule has 4 aromatic rings. The van der Waals surface area contributed by atoms with Crippen LogP contribution >= 0.6 is 0 Å². The molecule has 0 unspecified atom stereocenters. The van der Waals surface area contributed by atoms with Gasteiger partial charge in [-0.25, -0.2) is 9.97 Å². The zero-order chi connectivity index (χ0) is 20.2. The monoisotopic (exact) mass is 398 g/mol. The molecule has 150 valence electrons. The largest absolute Gasteiger partial charge is 0.355 e. The van der Waals surface area contributed by atoms with Gasteiger partial charge in [0.05, 0.1) is 11.1 Å². The van der Waals surface area contributed by atoms with Crippen LogP contribution in [0.15, 0.2) is 59.9 Å². The number of aryl methyl sites for hydroxylation is 1. The molecule has 1 fully saturated rings. The van der Waals surface area contributed by atoms with Crippen LogP contribution < -0.4 is 10.5 Å². The van der Waals surface area contributed by atoms with Gasteiger partial charge in [-0.15, -0.1) is 0 Å². The molecule has 0 N–H and O–H groups in total. The van der Waals surface area contributed by atoms with Crippen LogP contribution in [0, 0.1) is 5.92 Å². The first kappa shape index (κ1) is 17.4. The van der Waals surface area contributed by atoms with Crippen LogP contribution in [0.25, 0.3) is 22.3 Å². The minimum absolute atomic E-state index is 0.0671. The van der Waals surface area contributed by atoms with Crippen molar-refractivity contribution >= 4 is 16.7 Å². The summed E-state index contributed by atoms with van der Waals surface area (Å²) in [7, 11) is 1.92. The first-order valence-corrected chi connectivity index (χ1v) is 10.3. The van der Waals surface area contributed by atoms with Crippen LogP contribution in [0.1, 0.15) is 18.0 Å². The number of aromatic nitrogens is 5. The molecule has 6 heterocycles. The highest BCUT2D eigenvalue weighted by atomic mass is 16.1. The zero-order valence-corrected chi connectivity index (χ0v) is 16.8. The lowest BCUT2D eigenvalue weighted by Gasteiger charge is -2.43. The predicted molar refractivity (Wildman–Crippen MR) is 116 cm³/mol. The summed E-state index contributed by atoms with van der Waals surface area (Å²) in [6.07, 6.45) is 8.38. The number of anilines is 1. The Morgan fingerprint density at radius 3 is 2.77 bits per heavy atom. The molecular weight excluding hydrogens is 376 g/mol. The summed E-state index contributed by atoms with van der Waals surface area (Å²) in [5.74, 6) is 2.45. The number of piperidine rings is 1. The lowest BCUT2D eigenvalue weighted by molar-refractivity contribution is 0.281. The van der Waals surface area contributed by atoms with Crippen LogP contribution in [-0.4, -0.2) is 37.2 Å². The fourth-order valence-electron chi connectivity index (χ4n) is 5.15. The van der Waals surface area contributed by atoms with Gasteiger partial charge < -0.3 is 14.0 Å². The van der Waals surface area contributed by atoms with E-state index in [9.17, 15) is 4.79 Å². The van der Waals surface area contributed by atoms with Gasteiger partial charge in [0.1, 0.15) is 11.6 Å². The number of hydrogen-bond donors (Lipinski definition) is 0. The summed E-state index contributed by atoms with van der Waals surface area (Å²) in [5, 5.41) is 1.09. The van der Waals surface area contributed by atoms with Crippen molar-refractivity contribution in [3.8, 4) is 11.4 Å². The standard InChI is InChI=1S/C23H22N6O/c1-27-10-9-26-21(27)18-4-5-20-16-11-15(13-29(20)23(18)30)12-28(14-16)22-17-3-2-7-24-19(17)6-8-25-22/h2-10,15-16H,11-14H2,1H3/t15-,16+/m0/s1. The second-order valence-electron chi connectivity index (χ2n) is 8.36. The van der Waals surface area contributed by atoms with Crippen LogP contribution in [0.4, 0.5) is 5.82 Å². The average Bonchev–Trinajstić information content (AvgIpc) is 3.19. The lowest BCUT2D eigenvalue weighted by atomic mass is 9.83. The van der Waals surface area contributed by atoms with Gasteiger partial charge in [-0.05, 0) is 42.7 Å². The van der Waals surface area contributed by atoms with E-state index < -0.39 is 0 Å². The normalized spacial score (nSPS) is 20.4. The second-order valence-corrected chi connectivity index (χ2v) is 8.36. The predicted octanol–water partition coefficient (Wildman–Crippen LogP) is 2.82. The number of nitrogens with zero attached hydrogens (tertiary/aromatic N) is 6. The van der Waals surface area contributed by atoms with Gasteiger partial charge in [0.15, 0.2) is 0 Å². The van der Waals surface area contributed by atoms with Gasteiger partial charge in [-0.2, -0.15) is 0 Å². The van der Waals surface area contributed by atoms with Crippen LogP contribution in [0.3, 0.4) is 0 Å². The Hall–Kier alpha value is -3.48. The van der Waals surface area contributed by atoms with E-state index in [1.807, 2.05) is 53.0 Å². The third kappa shape index (κ3) is 2.58. The summed E-state index contributed by atoms with van der Waals surface area (Å²) in [4.78, 5) is 29.2. The van der Waals surface area contributed by atoms with E-state index in [-0.39, 0.29) is 5.56 Å². The summed E-state index contributed by atoms with van der Waals surface area (Å²) in [6.45, 7) is 2.50. The molecule has 0 amide bonds. The molecule has 2 bridgehead atoms. The number of fused-ring (bicyclic) bond motifs is 5. The van der Waals surface area contributed by atoms with E-state index in [1.165, 1.54) is 0 Å². The maximum Gasteiger partial charge on any atom is 0.261 e. The molecule has 0 saturated carbocycles. The maximum absolute atomic E-state index is 13.3. The summed E-state index contributed by atoms with van der Waals surface area (Å²) in [6, 6.07) is 10.1. The van der Waals surface area contributed by atoms with Crippen molar-refractivity contribution in [2.75, 3.05) is 18.0 Å². The van der Waals surface area contributed by atoms with Crippen molar-refractivity contribution in [1.29, 1.82) is 0 Å². The van der Waals surface area contributed by atoms with E-state index in [4.69, 9.17) is 4.98 Å². The van der Waals surface area contributed by atoms with Crippen molar-refractivity contribution in [2.24, 2.45) is 13.0 Å². The van der Waals surface area contributed by atoms with Crippen molar-refractivity contribution in [3.63, 3.8) is 0 Å². The van der Waals surface area contributed by atoms with Gasteiger partial charge in [-0.1, -0.05) is 0 Å². The molecule has 0 aliphatic carbocycles. The molecule has 1 saturated heterocycles. The molecule has 2 aliphatic rings. The number of rotatable bonds is 2.